The molecule has 1 aromatic heterocycles. The highest BCUT2D eigenvalue weighted by Crippen LogP contribution is 2.28. The van der Waals surface area contributed by atoms with E-state index in [-0.39, 0.29) is 0 Å². The van der Waals surface area contributed by atoms with Crippen LogP contribution in [0.25, 0.3) is 10.9 Å². The molecule has 0 bridgehead atoms. The Hall–Kier alpha value is -1.55. The molecular formula is C16H23N3O. The third-order valence-electron chi connectivity index (χ3n) is 4.28. The van der Waals surface area contributed by atoms with Gasteiger partial charge in [-0.1, -0.05) is 0 Å². The van der Waals surface area contributed by atoms with Crippen molar-refractivity contribution in [1.29, 1.82) is 0 Å². The van der Waals surface area contributed by atoms with Crippen LogP contribution in [0.5, 0.6) is 5.75 Å². The summed E-state index contributed by atoms with van der Waals surface area (Å²) in [5, 5.41) is 8.25. The molecule has 0 radical (unpaired) electrons. The Labute approximate surface area is 120 Å². The quantitative estimate of drug-likeness (QED) is 0.934. The molecule has 4 nitrogen and oxygen atoms in total. The lowest BCUT2D eigenvalue weighted by atomic mass is 10.1. The number of aromatic nitrogens is 2. The molecule has 1 aliphatic rings. The van der Waals surface area contributed by atoms with Gasteiger partial charge in [0, 0.05) is 23.5 Å². The lowest BCUT2D eigenvalue weighted by Gasteiger charge is -2.35. The minimum Gasteiger partial charge on any atom is -0.489 e. The van der Waals surface area contributed by atoms with Crippen molar-refractivity contribution >= 4 is 10.9 Å². The fraction of sp³-hybridized carbons (Fsp3) is 0.562. The van der Waals surface area contributed by atoms with Gasteiger partial charge in [0.05, 0.1) is 11.7 Å². The van der Waals surface area contributed by atoms with Crippen molar-refractivity contribution in [2.75, 3.05) is 13.1 Å². The maximum Gasteiger partial charge on any atom is 0.123 e. The lowest BCUT2D eigenvalue weighted by molar-refractivity contribution is 0.0703. The van der Waals surface area contributed by atoms with Crippen molar-refractivity contribution in [3.63, 3.8) is 0 Å². The van der Waals surface area contributed by atoms with E-state index in [9.17, 15) is 0 Å². The average Bonchev–Trinajstić information content (AvgIpc) is 2.91. The van der Waals surface area contributed by atoms with Gasteiger partial charge in [-0.15, -0.1) is 0 Å². The predicted molar refractivity (Wildman–Crippen MR) is 81.2 cm³/mol. The van der Waals surface area contributed by atoms with Crippen LogP contribution in [0.15, 0.2) is 18.3 Å². The minimum absolute atomic E-state index is 0.300. The highest BCUT2D eigenvalue weighted by Gasteiger charge is 2.23. The summed E-state index contributed by atoms with van der Waals surface area (Å²) in [6.45, 7) is 8.84. The molecule has 20 heavy (non-hydrogen) atoms. The Morgan fingerprint density at radius 3 is 3.05 bits per heavy atom. The number of nitrogens with zero attached hydrogens (tertiary/aromatic N) is 2. The van der Waals surface area contributed by atoms with Crippen molar-refractivity contribution in [2.24, 2.45) is 0 Å². The Morgan fingerprint density at radius 1 is 1.40 bits per heavy atom. The number of benzene rings is 1. The first-order valence-electron chi connectivity index (χ1n) is 7.48. The first-order valence-corrected chi connectivity index (χ1v) is 7.48. The normalized spacial score (nSPS) is 20.7. The molecule has 0 amide bonds. The van der Waals surface area contributed by atoms with Gasteiger partial charge in [-0.2, -0.15) is 5.10 Å². The fourth-order valence-corrected chi connectivity index (χ4v) is 2.98. The summed E-state index contributed by atoms with van der Waals surface area (Å²) < 4.78 is 6.26. The van der Waals surface area contributed by atoms with E-state index in [1.165, 1.54) is 18.5 Å². The number of H-pyrrole nitrogens is 1. The van der Waals surface area contributed by atoms with Crippen LogP contribution in [-0.4, -0.2) is 40.3 Å². The van der Waals surface area contributed by atoms with E-state index in [1.54, 1.807) is 0 Å². The van der Waals surface area contributed by atoms with Gasteiger partial charge in [0.2, 0.25) is 0 Å². The third kappa shape index (κ3) is 2.52. The Morgan fingerprint density at radius 2 is 2.25 bits per heavy atom. The zero-order valence-electron chi connectivity index (χ0n) is 12.5. The summed E-state index contributed by atoms with van der Waals surface area (Å²) in [4.78, 5) is 2.50. The Kier molecular flexibility index (Phi) is 3.66. The number of aromatic amines is 1. The van der Waals surface area contributed by atoms with Crippen LogP contribution < -0.4 is 4.74 Å². The fourth-order valence-electron chi connectivity index (χ4n) is 2.98. The van der Waals surface area contributed by atoms with Gasteiger partial charge in [0.25, 0.3) is 0 Å². The summed E-state index contributed by atoms with van der Waals surface area (Å²) in [5.41, 5.74) is 2.25. The van der Waals surface area contributed by atoms with Crippen LogP contribution in [0.3, 0.4) is 0 Å². The van der Waals surface area contributed by atoms with E-state index in [0.29, 0.717) is 12.1 Å². The van der Waals surface area contributed by atoms with E-state index < -0.39 is 0 Å². The van der Waals surface area contributed by atoms with E-state index in [2.05, 4.69) is 41.9 Å². The van der Waals surface area contributed by atoms with Crippen molar-refractivity contribution in [1.82, 2.24) is 15.1 Å². The Balaban J connectivity index is 1.77. The highest BCUT2D eigenvalue weighted by atomic mass is 16.5. The third-order valence-corrected chi connectivity index (χ3v) is 4.28. The summed E-state index contributed by atoms with van der Waals surface area (Å²) in [5.74, 6) is 0.995. The second-order valence-corrected chi connectivity index (χ2v) is 5.99. The van der Waals surface area contributed by atoms with Crippen LogP contribution in [0, 0.1) is 6.92 Å². The summed E-state index contributed by atoms with van der Waals surface area (Å²) >= 11 is 0. The maximum atomic E-state index is 6.26. The van der Waals surface area contributed by atoms with E-state index in [0.717, 1.165) is 29.6 Å². The van der Waals surface area contributed by atoms with Crippen LogP contribution in [0.2, 0.25) is 0 Å². The van der Waals surface area contributed by atoms with Gasteiger partial charge in [-0.3, -0.25) is 10.00 Å². The van der Waals surface area contributed by atoms with E-state index in [4.69, 9.17) is 4.74 Å². The van der Waals surface area contributed by atoms with Crippen molar-refractivity contribution in [3.8, 4) is 5.75 Å². The molecule has 2 heterocycles. The molecule has 1 aliphatic heterocycles. The number of hydrogen-bond donors (Lipinski definition) is 1. The molecule has 1 N–H and O–H groups in total. The van der Waals surface area contributed by atoms with Crippen LogP contribution in [-0.2, 0) is 0 Å². The SMILES string of the molecule is Cc1c(OC2CCCN(C(C)C)C2)ccc2[nH]ncc12. The zero-order valence-corrected chi connectivity index (χ0v) is 12.5. The lowest BCUT2D eigenvalue weighted by Crippen LogP contribution is -2.44. The number of ether oxygens (including phenoxy) is 1. The molecule has 1 atom stereocenters. The smallest absolute Gasteiger partial charge is 0.123 e. The molecular weight excluding hydrogens is 250 g/mol. The molecule has 108 valence electrons. The molecule has 0 spiro atoms. The molecule has 2 aromatic rings. The molecule has 1 aromatic carbocycles. The molecule has 1 saturated heterocycles. The van der Waals surface area contributed by atoms with Crippen molar-refractivity contribution in [3.05, 3.63) is 23.9 Å². The predicted octanol–water partition coefficient (Wildman–Crippen LogP) is 3.12. The van der Waals surface area contributed by atoms with Crippen LogP contribution in [0.4, 0.5) is 0 Å². The molecule has 1 unspecified atom stereocenters. The topological polar surface area (TPSA) is 41.1 Å². The highest BCUT2D eigenvalue weighted by molar-refractivity contribution is 5.83. The van der Waals surface area contributed by atoms with E-state index >= 15 is 0 Å². The monoisotopic (exact) mass is 273 g/mol. The van der Waals surface area contributed by atoms with Gasteiger partial charge in [-0.05, 0) is 52.3 Å². The molecule has 0 saturated carbocycles. The number of rotatable bonds is 3. The van der Waals surface area contributed by atoms with E-state index in [1.807, 2.05) is 12.3 Å². The first kappa shape index (κ1) is 13.4. The van der Waals surface area contributed by atoms with Gasteiger partial charge in [-0.25, -0.2) is 0 Å². The summed E-state index contributed by atoms with van der Waals surface area (Å²) in [6, 6.07) is 4.71. The standard InChI is InChI=1S/C16H23N3O/c1-11(2)19-8-4-5-13(10-19)20-16-7-6-15-14(12(16)3)9-17-18-15/h6-7,9,11,13H,4-5,8,10H2,1-3H3,(H,17,18). The Bertz CT molecular complexity index is 590. The molecule has 4 heteroatoms. The molecule has 1 fully saturated rings. The van der Waals surface area contributed by atoms with Crippen molar-refractivity contribution in [2.45, 2.75) is 45.8 Å². The first-order chi connectivity index (χ1) is 9.65. The maximum absolute atomic E-state index is 6.26. The van der Waals surface area contributed by atoms with Gasteiger partial charge in [0.1, 0.15) is 11.9 Å². The number of fused-ring (bicyclic) bond motifs is 1. The second kappa shape index (κ2) is 5.44. The van der Waals surface area contributed by atoms with Gasteiger partial charge >= 0.3 is 0 Å². The van der Waals surface area contributed by atoms with Gasteiger partial charge < -0.3 is 4.74 Å². The van der Waals surface area contributed by atoms with Crippen molar-refractivity contribution < 1.29 is 4.74 Å². The largest absolute Gasteiger partial charge is 0.489 e. The average molecular weight is 273 g/mol. The summed E-state index contributed by atoms with van der Waals surface area (Å²) in [6.07, 6.45) is 4.54. The number of likely N-dealkylation sites (tertiary alicyclic amines) is 1. The van der Waals surface area contributed by atoms with Gasteiger partial charge in [0.15, 0.2) is 0 Å². The molecule has 0 aliphatic carbocycles. The molecule has 3 rings (SSSR count). The van der Waals surface area contributed by atoms with Crippen LogP contribution in [0.1, 0.15) is 32.3 Å². The number of nitrogens with one attached hydrogen (secondary N) is 1. The number of aryl methyl sites for hydroxylation is 1. The second-order valence-electron chi connectivity index (χ2n) is 5.99. The number of hydrogen-bond acceptors (Lipinski definition) is 3. The zero-order chi connectivity index (χ0) is 14.1. The number of piperidine rings is 1. The summed E-state index contributed by atoms with van der Waals surface area (Å²) in [7, 11) is 0. The van der Waals surface area contributed by atoms with Crippen LogP contribution >= 0.6 is 0 Å². The minimum atomic E-state index is 0.300.